The minimum absolute atomic E-state index is 0.142. The summed E-state index contributed by atoms with van der Waals surface area (Å²) in [6.07, 6.45) is 7.29. The highest BCUT2D eigenvalue weighted by molar-refractivity contribution is 5.66. The number of aliphatic carboxylic acids is 1. The molecule has 0 spiro atoms. The van der Waals surface area contributed by atoms with Crippen LogP contribution in [0.15, 0.2) is 49.1 Å². The average Bonchev–Trinajstić information content (AvgIpc) is 2.58. The van der Waals surface area contributed by atoms with Gasteiger partial charge >= 0.3 is 5.97 Å². The van der Waals surface area contributed by atoms with Gasteiger partial charge in [-0.3, -0.25) is 19.7 Å². The van der Waals surface area contributed by atoms with E-state index < -0.39 is 5.97 Å². The zero-order chi connectivity index (χ0) is 16.3. The highest BCUT2D eigenvalue weighted by Crippen LogP contribution is 2.03. The summed E-state index contributed by atoms with van der Waals surface area (Å²) in [6, 6.07) is 7.84. The van der Waals surface area contributed by atoms with Crippen LogP contribution in [-0.4, -0.2) is 45.6 Å². The molecular formula is C17H22N4O2. The minimum Gasteiger partial charge on any atom is -0.481 e. The lowest BCUT2D eigenvalue weighted by Crippen LogP contribution is -2.33. The molecule has 0 amide bonds. The predicted molar refractivity (Wildman–Crippen MR) is 87.7 cm³/mol. The van der Waals surface area contributed by atoms with E-state index in [1.54, 1.807) is 12.4 Å². The molecule has 0 aromatic carbocycles. The average molecular weight is 314 g/mol. The molecule has 0 saturated carbocycles. The third kappa shape index (κ3) is 6.99. The van der Waals surface area contributed by atoms with Crippen molar-refractivity contribution in [2.24, 2.45) is 0 Å². The van der Waals surface area contributed by atoms with E-state index >= 15 is 0 Å². The molecule has 0 bridgehead atoms. The smallest absolute Gasteiger partial charge is 0.304 e. The van der Waals surface area contributed by atoms with E-state index in [0.717, 1.165) is 30.8 Å². The summed E-state index contributed by atoms with van der Waals surface area (Å²) in [4.78, 5) is 21.1. The number of carboxylic acid groups (broad SMARTS) is 1. The third-order valence-electron chi connectivity index (χ3n) is 3.43. The minimum atomic E-state index is -0.774. The summed E-state index contributed by atoms with van der Waals surface area (Å²) in [7, 11) is 0. The van der Waals surface area contributed by atoms with Crippen molar-refractivity contribution in [2.45, 2.75) is 19.5 Å². The number of nitrogens with one attached hydrogen (secondary N) is 1. The number of carbonyl (C=O) groups is 1. The summed E-state index contributed by atoms with van der Waals surface area (Å²) in [5, 5.41) is 12.2. The maximum Gasteiger partial charge on any atom is 0.304 e. The van der Waals surface area contributed by atoms with Gasteiger partial charge in [0.2, 0.25) is 0 Å². The van der Waals surface area contributed by atoms with Crippen LogP contribution in [0.2, 0.25) is 0 Å². The molecule has 0 aliphatic heterocycles. The molecule has 0 radical (unpaired) electrons. The van der Waals surface area contributed by atoms with Crippen LogP contribution in [0.3, 0.4) is 0 Å². The number of hydrogen-bond acceptors (Lipinski definition) is 5. The molecule has 0 saturated heterocycles. The van der Waals surface area contributed by atoms with Crippen LogP contribution >= 0.6 is 0 Å². The van der Waals surface area contributed by atoms with Gasteiger partial charge in [0.1, 0.15) is 0 Å². The van der Waals surface area contributed by atoms with Gasteiger partial charge in [0.15, 0.2) is 0 Å². The quantitative estimate of drug-likeness (QED) is 0.648. The first kappa shape index (κ1) is 17.1. The van der Waals surface area contributed by atoms with Crippen molar-refractivity contribution in [3.8, 4) is 0 Å². The van der Waals surface area contributed by atoms with E-state index in [1.165, 1.54) is 0 Å². The van der Waals surface area contributed by atoms with E-state index in [9.17, 15) is 4.79 Å². The van der Waals surface area contributed by atoms with Crippen LogP contribution in [0.1, 0.15) is 17.5 Å². The Morgan fingerprint density at radius 1 is 1.09 bits per heavy atom. The van der Waals surface area contributed by atoms with Gasteiger partial charge in [-0.25, -0.2) is 0 Å². The number of nitrogens with zero attached hydrogens (tertiary/aromatic N) is 3. The van der Waals surface area contributed by atoms with E-state index in [2.05, 4.69) is 20.2 Å². The summed E-state index contributed by atoms with van der Waals surface area (Å²) < 4.78 is 0. The molecule has 122 valence electrons. The fourth-order valence-electron chi connectivity index (χ4n) is 2.25. The van der Waals surface area contributed by atoms with Gasteiger partial charge in [-0.1, -0.05) is 12.1 Å². The lowest BCUT2D eigenvalue weighted by atomic mass is 10.2. The molecule has 2 rings (SSSR count). The fourth-order valence-corrected chi connectivity index (χ4v) is 2.25. The van der Waals surface area contributed by atoms with Gasteiger partial charge in [0.25, 0.3) is 0 Å². The molecule has 0 aliphatic carbocycles. The summed E-state index contributed by atoms with van der Waals surface area (Å²) in [6.45, 7) is 3.55. The zero-order valence-corrected chi connectivity index (χ0v) is 13.1. The van der Waals surface area contributed by atoms with Gasteiger partial charge in [0, 0.05) is 57.5 Å². The molecule has 6 nitrogen and oxygen atoms in total. The second kappa shape index (κ2) is 9.66. The molecule has 2 heterocycles. The van der Waals surface area contributed by atoms with E-state index in [1.807, 2.05) is 36.7 Å². The van der Waals surface area contributed by atoms with Crippen LogP contribution in [0.25, 0.3) is 0 Å². The largest absolute Gasteiger partial charge is 0.481 e. The molecular weight excluding hydrogens is 292 g/mol. The Bertz CT molecular complexity index is 578. The van der Waals surface area contributed by atoms with Crippen LogP contribution < -0.4 is 5.32 Å². The highest BCUT2D eigenvalue weighted by Gasteiger charge is 2.08. The number of pyridine rings is 2. The molecule has 0 aliphatic rings. The SMILES string of the molecule is O=C(O)CCN(CCNCc1cccnc1)Cc1cccnc1. The topological polar surface area (TPSA) is 78.4 Å². The second-order valence-electron chi connectivity index (χ2n) is 5.32. The Labute approximate surface area is 136 Å². The van der Waals surface area contributed by atoms with Crippen molar-refractivity contribution >= 4 is 5.97 Å². The summed E-state index contributed by atoms with van der Waals surface area (Å²) in [5.74, 6) is -0.774. The zero-order valence-electron chi connectivity index (χ0n) is 13.1. The normalized spacial score (nSPS) is 10.8. The van der Waals surface area contributed by atoms with Crippen LogP contribution in [0.5, 0.6) is 0 Å². The lowest BCUT2D eigenvalue weighted by Gasteiger charge is -2.21. The van der Waals surface area contributed by atoms with Crippen molar-refractivity contribution in [1.82, 2.24) is 20.2 Å². The van der Waals surface area contributed by atoms with Crippen molar-refractivity contribution in [1.29, 1.82) is 0 Å². The third-order valence-corrected chi connectivity index (χ3v) is 3.43. The molecule has 23 heavy (non-hydrogen) atoms. The first-order chi connectivity index (χ1) is 11.2. The maximum atomic E-state index is 10.8. The van der Waals surface area contributed by atoms with Gasteiger partial charge < -0.3 is 10.4 Å². The number of carboxylic acids is 1. The van der Waals surface area contributed by atoms with Gasteiger partial charge in [-0.15, -0.1) is 0 Å². The van der Waals surface area contributed by atoms with Gasteiger partial charge in [-0.05, 0) is 23.3 Å². The predicted octanol–water partition coefficient (Wildman–Crippen LogP) is 1.54. The first-order valence-corrected chi connectivity index (χ1v) is 7.67. The van der Waals surface area contributed by atoms with Crippen LogP contribution in [0, 0.1) is 0 Å². The second-order valence-corrected chi connectivity index (χ2v) is 5.32. The van der Waals surface area contributed by atoms with E-state index in [4.69, 9.17) is 5.11 Å². The molecule has 2 aromatic heterocycles. The number of rotatable bonds is 10. The molecule has 0 unspecified atom stereocenters. The number of hydrogen-bond donors (Lipinski definition) is 2. The van der Waals surface area contributed by atoms with Gasteiger partial charge in [-0.2, -0.15) is 0 Å². The lowest BCUT2D eigenvalue weighted by molar-refractivity contribution is -0.137. The Morgan fingerprint density at radius 3 is 2.39 bits per heavy atom. The number of aromatic nitrogens is 2. The van der Waals surface area contributed by atoms with E-state index in [-0.39, 0.29) is 6.42 Å². The van der Waals surface area contributed by atoms with Crippen LogP contribution in [-0.2, 0) is 17.9 Å². The summed E-state index contributed by atoms with van der Waals surface area (Å²) in [5.41, 5.74) is 2.22. The Balaban J connectivity index is 1.78. The standard InChI is InChI=1S/C17H22N4O2/c22-17(23)5-9-21(14-16-4-2-7-19-13-16)10-8-20-12-15-3-1-6-18-11-15/h1-4,6-7,11,13,20H,5,8-10,12,14H2,(H,22,23). The molecule has 6 heteroatoms. The fraction of sp³-hybridized carbons (Fsp3) is 0.353. The molecule has 2 aromatic rings. The van der Waals surface area contributed by atoms with Crippen molar-refractivity contribution in [2.75, 3.05) is 19.6 Å². The highest BCUT2D eigenvalue weighted by atomic mass is 16.4. The van der Waals surface area contributed by atoms with Crippen LogP contribution in [0.4, 0.5) is 0 Å². The Kier molecular flexibility index (Phi) is 7.16. The molecule has 0 fully saturated rings. The molecule has 2 N–H and O–H groups in total. The van der Waals surface area contributed by atoms with Gasteiger partial charge in [0.05, 0.1) is 6.42 Å². The van der Waals surface area contributed by atoms with Crippen molar-refractivity contribution in [3.63, 3.8) is 0 Å². The first-order valence-electron chi connectivity index (χ1n) is 7.67. The summed E-state index contributed by atoms with van der Waals surface area (Å²) >= 11 is 0. The van der Waals surface area contributed by atoms with E-state index in [0.29, 0.717) is 13.1 Å². The Morgan fingerprint density at radius 2 is 1.78 bits per heavy atom. The van der Waals surface area contributed by atoms with Crippen molar-refractivity contribution in [3.05, 3.63) is 60.2 Å². The molecule has 0 atom stereocenters. The maximum absolute atomic E-state index is 10.8. The Hall–Kier alpha value is -2.31. The van der Waals surface area contributed by atoms with Crippen molar-refractivity contribution < 1.29 is 9.90 Å². The monoisotopic (exact) mass is 314 g/mol.